The third-order valence-electron chi connectivity index (χ3n) is 4.22. The monoisotopic (exact) mass is 251 g/mol. The molecule has 0 unspecified atom stereocenters. The minimum atomic E-state index is -0.571. The number of piperazine rings is 1. The predicted octanol–water partition coefficient (Wildman–Crippen LogP) is 0.978. The number of nitrogens with two attached hydrogens (primary N) is 1. The van der Waals surface area contributed by atoms with Gasteiger partial charge < -0.3 is 10.6 Å². The summed E-state index contributed by atoms with van der Waals surface area (Å²) in [5.74, 6) is 0.181. The molecule has 2 fully saturated rings. The van der Waals surface area contributed by atoms with Crippen molar-refractivity contribution in [2.45, 2.75) is 37.6 Å². The molecule has 4 nitrogen and oxygen atoms in total. The summed E-state index contributed by atoms with van der Waals surface area (Å²) in [7, 11) is 0. The van der Waals surface area contributed by atoms with E-state index in [0.717, 1.165) is 58.4 Å². The van der Waals surface area contributed by atoms with E-state index in [1.54, 1.807) is 0 Å². The Morgan fingerprint density at radius 1 is 1.17 bits per heavy atom. The van der Waals surface area contributed by atoms with Gasteiger partial charge in [0.25, 0.3) is 0 Å². The molecule has 0 aromatic carbocycles. The zero-order valence-corrected chi connectivity index (χ0v) is 11.2. The normalized spacial score (nSPS) is 24.8. The summed E-state index contributed by atoms with van der Waals surface area (Å²) in [6.45, 7) is 8.16. The second-order valence-corrected chi connectivity index (χ2v) is 5.60. The van der Waals surface area contributed by atoms with Crippen LogP contribution in [0.25, 0.3) is 0 Å². The van der Waals surface area contributed by atoms with Crippen LogP contribution in [0.5, 0.6) is 0 Å². The van der Waals surface area contributed by atoms with E-state index in [4.69, 9.17) is 5.73 Å². The maximum Gasteiger partial charge on any atom is 0.242 e. The molecule has 0 bridgehead atoms. The molecule has 1 saturated heterocycles. The van der Waals surface area contributed by atoms with Gasteiger partial charge in [0.2, 0.25) is 5.91 Å². The molecule has 2 aliphatic rings. The zero-order valence-electron chi connectivity index (χ0n) is 11.2. The van der Waals surface area contributed by atoms with Crippen LogP contribution in [0.3, 0.4) is 0 Å². The fourth-order valence-corrected chi connectivity index (χ4v) is 3.03. The molecule has 4 heteroatoms. The standard InChI is InChI=1S/C14H25N3O/c1-2-8-16-9-11-17(12-10-16)13(18)14(15)6-4-3-5-7-14/h2H,1,3-12,15H2. The van der Waals surface area contributed by atoms with E-state index in [9.17, 15) is 4.79 Å². The Morgan fingerprint density at radius 3 is 2.33 bits per heavy atom. The molecule has 1 heterocycles. The third kappa shape index (κ3) is 2.93. The van der Waals surface area contributed by atoms with Gasteiger partial charge in [-0.15, -0.1) is 6.58 Å². The first-order valence-electron chi connectivity index (χ1n) is 7.07. The second-order valence-electron chi connectivity index (χ2n) is 5.60. The molecule has 1 aliphatic heterocycles. The van der Waals surface area contributed by atoms with Crippen molar-refractivity contribution in [3.05, 3.63) is 12.7 Å². The van der Waals surface area contributed by atoms with Crippen LogP contribution in [0.1, 0.15) is 32.1 Å². The number of carbonyl (C=O) groups excluding carboxylic acids is 1. The third-order valence-corrected chi connectivity index (χ3v) is 4.22. The first-order chi connectivity index (χ1) is 8.65. The second kappa shape index (κ2) is 5.85. The van der Waals surface area contributed by atoms with Crippen molar-refractivity contribution in [2.75, 3.05) is 32.7 Å². The number of carbonyl (C=O) groups is 1. The van der Waals surface area contributed by atoms with Crippen LogP contribution in [0, 0.1) is 0 Å². The molecule has 1 saturated carbocycles. The molecule has 1 aliphatic carbocycles. The van der Waals surface area contributed by atoms with Crippen LogP contribution in [0.15, 0.2) is 12.7 Å². The number of amides is 1. The van der Waals surface area contributed by atoms with Gasteiger partial charge >= 0.3 is 0 Å². The van der Waals surface area contributed by atoms with Gasteiger partial charge in [-0.25, -0.2) is 0 Å². The van der Waals surface area contributed by atoms with Crippen molar-refractivity contribution in [2.24, 2.45) is 5.73 Å². The topological polar surface area (TPSA) is 49.6 Å². The number of rotatable bonds is 3. The van der Waals surface area contributed by atoms with Crippen LogP contribution in [-0.4, -0.2) is 54.0 Å². The highest BCUT2D eigenvalue weighted by Gasteiger charge is 2.38. The van der Waals surface area contributed by atoms with Gasteiger partial charge in [-0.1, -0.05) is 25.3 Å². The summed E-state index contributed by atoms with van der Waals surface area (Å²) in [5.41, 5.74) is 5.74. The zero-order chi connectivity index (χ0) is 13.0. The van der Waals surface area contributed by atoms with E-state index in [-0.39, 0.29) is 5.91 Å². The van der Waals surface area contributed by atoms with Gasteiger partial charge in [-0.3, -0.25) is 9.69 Å². The lowest BCUT2D eigenvalue weighted by atomic mass is 9.81. The van der Waals surface area contributed by atoms with Crippen molar-refractivity contribution in [1.82, 2.24) is 9.80 Å². The Bertz CT molecular complexity index is 302. The lowest BCUT2D eigenvalue weighted by Gasteiger charge is -2.40. The van der Waals surface area contributed by atoms with Crippen LogP contribution in [0.2, 0.25) is 0 Å². The average molecular weight is 251 g/mol. The predicted molar refractivity (Wildman–Crippen MR) is 73.2 cm³/mol. The molecule has 2 rings (SSSR count). The Morgan fingerprint density at radius 2 is 1.78 bits per heavy atom. The van der Waals surface area contributed by atoms with E-state index in [2.05, 4.69) is 11.5 Å². The molecular weight excluding hydrogens is 226 g/mol. The molecule has 2 N–H and O–H groups in total. The van der Waals surface area contributed by atoms with Gasteiger partial charge in [0.1, 0.15) is 0 Å². The lowest BCUT2D eigenvalue weighted by Crippen LogP contribution is -2.60. The number of hydrogen-bond acceptors (Lipinski definition) is 3. The maximum atomic E-state index is 12.5. The summed E-state index contributed by atoms with van der Waals surface area (Å²) in [6, 6.07) is 0. The first kappa shape index (κ1) is 13.6. The van der Waals surface area contributed by atoms with Crippen molar-refractivity contribution < 1.29 is 4.79 Å². The summed E-state index contributed by atoms with van der Waals surface area (Å²) < 4.78 is 0. The van der Waals surface area contributed by atoms with Gasteiger partial charge in [-0.05, 0) is 12.8 Å². The van der Waals surface area contributed by atoms with Crippen molar-refractivity contribution >= 4 is 5.91 Å². The number of nitrogens with zero attached hydrogens (tertiary/aromatic N) is 2. The highest BCUT2D eigenvalue weighted by molar-refractivity contribution is 5.86. The van der Waals surface area contributed by atoms with E-state index in [0.29, 0.717) is 0 Å². The molecular formula is C14H25N3O. The Balaban J connectivity index is 1.88. The summed E-state index contributed by atoms with van der Waals surface area (Å²) in [6.07, 6.45) is 7.05. The Labute approximate surface area is 110 Å². The van der Waals surface area contributed by atoms with Gasteiger partial charge in [0.05, 0.1) is 5.54 Å². The fraction of sp³-hybridized carbons (Fsp3) is 0.786. The summed E-state index contributed by atoms with van der Waals surface area (Å²) in [5, 5.41) is 0. The minimum Gasteiger partial charge on any atom is -0.339 e. The SMILES string of the molecule is C=CCN1CCN(C(=O)C2(N)CCCCC2)CC1. The largest absolute Gasteiger partial charge is 0.339 e. The summed E-state index contributed by atoms with van der Waals surface area (Å²) in [4.78, 5) is 16.8. The quantitative estimate of drug-likeness (QED) is 0.761. The summed E-state index contributed by atoms with van der Waals surface area (Å²) >= 11 is 0. The highest BCUT2D eigenvalue weighted by Crippen LogP contribution is 2.28. The fourth-order valence-electron chi connectivity index (χ4n) is 3.03. The maximum absolute atomic E-state index is 12.5. The number of hydrogen-bond donors (Lipinski definition) is 1. The smallest absolute Gasteiger partial charge is 0.242 e. The Kier molecular flexibility index (Phi) is 4.40. The average Bonchev–Trinajstić information content (AvgIpc) is 2.40. The van der Waals surface area contributed by atoms with Gasteiger partial charge in [0, 0.05) is 32.7 Å². The van der Waals surface area contributed by atoms with Crippen LogP contribution >= 0.6 is 0 Å². The van der Waals surface area contributed by atoms with Crippen LogP contribution in [-0.2, 0) is 4.79 Å². The molecule has 0 spiro atoms. The molecule has 0 radical (unpaired) electrons. The molecule has 0 aromatic rings. The minimum absolute atomic E-state index is 0.181. The van der Waals surface area contributed by atoms with E-state index < -0.39 is 5.54 Å². The van der Waals surface area contributed by atoms with Gasteiger partial charge in [0.15, 0.2) is 0 Å². The highest BCUT2D eigenvalue weighted by atomic mass is 16.2. The van der Waals surface area contributed by atoms with Crippen LogP contribution in [0.4, 0.5) is 0 Å². The molecule has 0 atom stereocenters. The first-order valence-corrected chi connectivity index (χ1v) is 7.07. The van der Waals surface area contributed by atoms with E-state index in [1.165, 1.54) is 6.42 Å². The van der Waals surface area contributed by atoms with Crippen molar-refractivity contribution in [1.29, 1.82) is 0 Å². The van der Waals surface area contributed by atoms with Crippen molar-refractivity contribution in [3.8, 4) is 0 Å². The van der Waals surface area contributed by atoms with Crippen LogP contribution < -0.4 is 5.73 Å². The Hall–Kier alpha value is -0.870. The van der Waals surface area contributed by atoms with Crippen molar-refractivity contribution in [3.63, 3.8) is 0 Å². The molecule has 1 amide bonds. The van der Waals surface area contributed by atoms with E-state index in [1.807, 2.05) is 11.0 Å². The van der Waals surface area contributed by atoms with E-state index >= 15 is 0 Å². The van der Waals surface area contributed by atoms with Gasteiger partial charge in [-0.2, -0.15) is 0 Å². The molecule has 18 heavy (non-hydrogen) atoms. The lowest BCUT2D eigenvalue weighted by molar-refractivity contribution is -0.140. The molecule has 0 aromatic heterocycles. The molecule has 102 valence electrons.